The van der Waals surface area contributed by atoms with Crippen LogP contribution in [0.3, 0.4) is 0 Å². The predicted molar refractivity (Wildman–Crippen MR) is 67.1 cm³/mol. The molecule has 0 saturated carbocycles. The van der Waals surface area contributed by atoms with Crippen LogP contribution >= 0.6 is 0 Å². The topological polar surface area (TPSA) is 18.5 Å². The molecule has 0 aromatic heterocycles. The second kappa shape index (κ2) is 8.08. The van der Waals surface area contributed by atoms with Gasteiger partial charge in [0.25, 0.3) is 0 Å². The Balaban J connectivity index is 2.26. The summed E-state index contributed by atoms with van der Waals surface area (Å²) in [6.45, 7) is 2.67. The van der Waals surface area contributed by atoms with Crippen LogP contribution in [0.1, 0.15) is 25.3 Å². The van der Waals surface area contributed by atoms with Gasteiger partial charge in [0.2, 0.25) is 0 Å². The lowest BCUT2D eigenvalue weighted by Crippen LogP contribution is -2.14. The molecular weight excluding hydrogens is 200 g/mol. The zero-order valence-corrected chi connectivity index (χ0v) is 10.1. The van der Waals surface area contributed by atoms with Crippen molar-refractivity contribution in [3.05, 3.63) is 42.0 Å². The Morgan fingerprint density at radius 2 is 2.00 bits per heavy atom. The van der Waals surface area contributed by atoms with Crippen LogP contribution < -0.4 is 0 Å². The van der Waals surface area contributed by atoms with Crippen LogP contribution in [0.25, 0.3) is 6.08 Å². The quantitative estimate of drug-likeness (QED) is 0.655. The summed E-state index contributed by atoms with van der Waals surface area (Å²) in [7, 11) is 1.68. The smallest absolute Gasteiger partial charge is 0.157 e. The van der Waals surface area contributed by atoms with Crippen molar-refractivity contribution < 1.29 is 9.47 Å². The third kappa shape index (κ3) is 5.10. The average molecular weight is 220 g/mol. The van der Waals surface area contributed by atoms with Crippen molar-refractivity contribution in [1.29, 1.82) is 0 Å². The van der Waals surface area contributed by atoms with Gasteiger partial charge in [-0.25, -0.2) is 0 Å². The molecule has 0 spiro atoms. The van der Waals surface area contributed by atoms with Gasteiger partial charge < -0.3 is 9.47 Å². The number of ether oxygens (including phenoxy) is 2. The monoisotopic (exact) mass is 220 g/mol. The van der Waals surface area contributed by atoms with Crippen LogP contribution in [0, 0.1) is 0 Å². The maximum absolute atomic E-state index is 5.39. The molecule has 0 radical (unpaired) electrons. The van der Waals surface area contributed by atoms with E-state index in [1.807, 2.05) is 25.1 Å². The number of allylic oxidation sites excluding steroid dienone is 1. The van der Waals surface area contributed by atoms with Gasteiger partial charge in [-0.1, -0.05) is 42.5 Å². The van der Waals surface area contributed by atoms with Crippen LogP contribution in [0.4, 0.5) is 0 Å². The fraction of sp³-hybridized carbons (Fsp3) is 0.429. The Hall–Kier alpha value is -1.12. The zero-order valence-electron chi connectivity index (χ0n) is 10.1. The molecular formula is C14H20O2. The molecule has 0 amide bonds. The van der Waals surface area contributed by atoms with Gasteiger partial charge in [0, 0.05) is 20.1 Å². The highest BCUT2D eigenvalue weighted by molar-refractivity contribution is 5.48. The molecule has 1 aromatic rings. The van der Waals surface area contributed by atoms with E-state index in [0.29, 0.717) is 6.61 Å². The van der Waals surface area contributed by atoms with Crippen molar-refractivity contribution in [2.24, 2.45) is 0 Å². The molecule has 0 fully saturated rings. The highest BCUT2D eigenvalue weighted by Crippen LogP contribution is 2.07. The van der Waals surface area contributed by atoms with Crippen LogP contribution in [0.5, 0.6) is 0 Å². The highest BCUT2D eigenvalue weighted by Gasteiger charge is 2.03. The number of hydrogen-bond acceptors (Lipinski definition) is 2. The molecule has 0 N–H and O–H groups in total. The van der Waals surface area contributed by atoms with E-state index in [9.17, 15) is 0 Å². The van der Waals surface area contributed by atoms with Gasteiger partial charge in [0.1, 0.15) is 0 Å². The van der Waals surface area contributed by atoms with Crippen LogP contribution in [-0.4, -0.2) is 20.0 Å². The molecule has 0 aliphatic rings. The molecule has 2 heteroatoms. The molecule has 1 rings (SSSR count). The van der Waals surface area contributed by atoms with Gasteiger partial charge in [-0.15, -0.1) is 0 Å². The fourth-order valence-electron chi connectivity index (χ4n) is 1.47. The minimum absolute atomic E-state index is 0.0783. The summed E-state index contributed by atoms with van der Waals surface area (Å²) in [5.74, 6) is 0. The first-order valence-corrected chi connectivity index (χ1v) is 5.72. The highest BCUT2D eigenvalue weighted by atomic mass is 16.7. The maximum Gasteiger partial charge on any atom is 0.157 e. The minimum Gasteiger partial charge on any atom is -0.356 e. The number of hydrogen-bond donors (Lipinski definition) is 0. The Morgan fingerprint density at radius 3 is 2.62 bits per heavy atom. The predicted octanol–water partition coefficient (Wildman–Crippen LogP) is 3.49. The number of rotatable bonds is 7. The molecule has 2 nitrogen and oxygen atoms in total. The normalized spacial score (nSPS) is 13.1. The number of benzene rings is 1. The van der Waals surface area contributed by atoms with Crippen LogP contribution in [0.2, 0.25) is 0 Å². The first kappa shape index (κ1) is 12.9. The van der Waals surface area contributed by atoms with Gasteiger partial charge >= 0.3 is 0 Å². The largest absolute Gasteiger partial charge is 0.356 e. The molecule has 88 valence electrons. The minimum atomic E-state index is -0.0783. The number of methoxy groups -OCH3 is 1. The van der Waals surface area contributed by atoms with Gasteiger partial charge in [-0.3, -0.25) is 0 Å². The van der Waals surface area contributed by atoms with Crippen molar-refractivity contribution in [2.45, 2.75) is 26.1 Å². The van der Waals surface area contributed by atoms with Crippen molar-refractivity contribution in [3.63, 3.8) is 0 Å². The molecule has 0 aliphatic heterocycles. The Labute approximate surface area is 97.9 Å². The standard InChI is InChI=1S/C14H20O2/c1-3-16-14(15-2)12-8-7-11-13-9-5-4-6-10-13/h4-7,9-11,14H,3,8,12H2,1-2H3. The lowest BCUT2D eigenvalue weighted by atomic mass is 10.2. The second-order valence-electron chi connectivity index (χ2n) is 3.51. The summed E-state index contributed by atoms with van der Waals surface area (Å²) in [5.41, 5.74) is 1.23. The average Bonchev–Trinajstić information content (AvgIpc) is 2.34. The molecule has 16 heavy (non-hydrogen) atoms. The molecule has 0 aliphatic carbocycles. The van der Waals surface area contributed by atoms with E-state index in [1.54, 1.807) is 7.11 Å². The summed E-state index contributed by atoms with van der Waals surface area (Å²) in [5, 5.41) is 0. The lowest BCUT2D eigenvalue weighted by molar-refractivity contribution is -0.122. The Kier molecular flexibility index (Phi) is 6.54. The van der Waals surface area contributed by atoms with Crippen molar-refractivity contribution in [1.82, 2.24) is 0 Å². The summed E-state index contributed by atoms with van der Waals surface area (Å²) < 4.78 is 10.6. The van der Waals surface area contributed by atoms with Crippen LogP contribution in [-0.2, 0) is 9.47 Å². The zero-order chi connectivity index (χ0) is 11.6. The van der Waals surface area contributed by atoms with E-state index < -0.39 is 0 Å². The van der Waals surface area contributed by atoms with Crippen LogP contribution in [0.15, 0.2) is 36.4 Å². The van der Waals surface area contributed by atoms with Gasteiger partial charge in [0.05, 0.1) is 0 Å². The Bertz CT molecular complexity index is 293. The van der Waals surface area contributed by atoms with E-state index in [0.717, 1.165) is 12.8 Å². The molecule has 0 bridgehead atoms. The Morgan fingerprint density at radius 1 is 1.25 bits per heavy atom. The second-order valence-corrected chi connectivity index (χ2v) is 3.51. The SMILES string of the molecule is CCOC(CCC=Cc1ccccc1)OC. The van der Waals surface area contributed by atoms with Gasteiger partial charge in [-0.2, -0.15) is 0 Å². The summed E-state index contributed by atoms with van der Waals surface area (Å²) in [6, 6.07) is 10.3. The first-order valence-electron chi connectivity index (χ1n) is 5.72. The molecule has 1 unspecified atom stereocenters. The van der Waals surface area contributed by atoms with Gasteiger partial charge in [0.15, 0.2) is 6.29 Å². The van der Waals surface area contributed by atoms with Crippen molar-refractivity contribution in [2.75, 3.05) is 13.7 Å². The molecule has 0 heterocycles. The van der Waals surface area contributed by atoms with E-state index in [4.69, 9.17) is 9.47 Å². The summed E-state index contributed by atoms with van der Waals surface area (Å²) in [6.07, 6.45) is 6.06. The van der Waals surface area contributed by atoms with Crippen molar-refractivity contribution in [3.8, 4) is 0 Å². The fourth-order valence-corrected chi connectivity index (χ4v) is 1.47. The van der Waals surface area contributed by atoms with E-state index in [2.05, 4.69) is 24.3 Å². The molecule has 0 saturated heterocycles. The van der Waals surface area contributed by atoms with Gasteiger partial charge in [-0.05, 0) is 18.9 Å². The van der Waals surface area contributed by atoms with E-state index in [-0.39, 0.29) is 6.29 Å². The molecule has 1 atom stereocenters. The lowest BCUT2D eigenvalue weighted by Gasteiger charge is -2.13. The summed E-state index contributed by atoms with van der Waals surface area (Å²) >= 11 is 0. The third-order valence-electron chi connectivity index (χ3n) is 2.29. The first-order chi connectivity index (χ1) is 7.86. The molecule has 1 aromatic carbocycles. The summed E-state index contributed by atoms with van der Waals surface area (Å²) in [4.78, 5) is 0. The van der Waals surface area contributed by atoms with Crippen molar-refractivity contribution >= 4 is 6.08 Å². The maximum atomic E-state index is 5.39. The van der Waals surface area contributed by atoms with E-state index >= 15 is 0 Å². The third-order valence-corrected chi connectivity index (χ3v) is 2.29. The van der Waals surface area contributed by atoms with E-state index in [1.165, 1.54) is 5.56 Å².